The summed E-state index contributed by atoms with van der Waals surface area (Å²) in [5, 5.41) is 18.9. The molecule has 0 spiro atoms. The summed E-state index contributed by atoms with van der Waals surface area (Å²) in [6.45, 7) is 16.4. The highest BCUT2D eigenvalue weighted by Gasteiger charge is 2.40. The van der Waals surface area contributed by atoms with Crippen molar-refractivity contribution in [3.63, 3.8) is 0 Å². The molecule has 5 rings (SSSR count). The fourth-order valence-corrected chi connectivity index (χ4v) is 8.00. The predicted molar refractivity (Wildman–Crippen MR) is 226 cm³/mol. The molecule has 0 saturated heterocycles. The predicted octanol–water partition coefficient (Wildman–Crippen LogP) is 9.10. The minimum atomic E-state index is -3.60. The van der Waals surface area contributed by atoms with Crippen LogP contribution >= 0.6 is 0 Å². The number of hydrogen-bond acceptors (Lipinski definition) is 7. The molecule has 1 atom stereocenters. The van der Waals surface area contributed by atoms with Gasteiger partial charge in [-0.2, -0.15) is 0 Å². The van der Waals surface area contributed by atoms with Crippen LogP contribution in [0, 0.1) is 0 Å². The van der Waals surface area contributed by atoms with E-state index in [4.69, 9.17) is 9.16 Å². The highest BCUT2D eigenvalue weighted by Crippen LogP contribution is 2.41. The van der Waals surface area contributed by atoms with Crippen LogP contribution in [-0.4, -0.2) is 46.1 Å². The van der Waals surface area contributed by atoms with E-state index in [-0.39, 0.29) is 33.9 Å². The van der Waals surface area contributed by atoms with Gasteiger partial charge in [0, 0.05) is 24.0 Å². The second-order valence-corrected chi connectivity index (χ2v) is 22.9. The third-order valence-electron chi connectivity index (χ3n) is 10.2. The van der Waals surface area contributed by atoms with Crippen LogP contribution in [0.5, 0.6) is 11.5 Å². The van der Waals surface area contributed by atoms with E-state index in [1.54, 1.807) is 12.1 Å². The van der Waals surface area contributed by atoms with Gasteiger partial charge in [-0.1, -0.05) is 112 Å². The Labute approximate surface area is 327 Å². The molecule has 292 valence electrons. The molecule has 0 heterocycles. The summed E-state index contributed by atoms with van der Waals surface area (Å²) in [5.74, 6) is 0.0693. The standard InChI is InChI=1S/C44H55N3O6SSi/c1-43(2,3)55(7,8)53-40(35-22-24-39(38(26-35)47-54(6,50)51)52-30-31-15-10-9-11-16-31)29-46-44(4,5)27-32-17-14-18-33(25-32)28-45-42(49)37-23-21-34-19-12-13-20-36(34)41(37)48/h9-26,40,46-48H,27-30H2,1-8H3,(H,45,49). The van der Waals surface area contributed by atoms with Crippen LogP contribution in [0.2, 0.25) is 18.1 Å². The zero-order chi connectivity index (χ0) is 40.0. The van der Waals surface area contributed by atoms with E-state index in [1.807, 2.05) is 84.9 Å². The van der Waals surface area contributed by atoms with Gasteiger partial charge in [-0.15, -0.1) is 0 Å². The van der Waals surface area contributed by atoms with E-state index in [9.17, 15) is 18.3 Å². The van der Waals surface area contributed by atoms with Gasteiger partial charge in [-0.05, 0) is 84.2 Å². The van der Waals surface area contributed by atoms with E-state index < -0.39 is 18.3 Å². The van der Waals surface area contributed by atoms with Crippen molar-refractivity contribution in [3.8, 4) is 11.5 Å². The van der Waals surface area contributed by atoms with Gasteiger partial charge in [0.2, 0.25) is 10.0 Å². The maximum atomic E-state index is 13.1. The van der Waals surface area contributed by atoms with Crippen molar-refractivity contribution in [2.75, 3.05) is 17.5 Å². The molecule has 11 heteroatoms. The fourth-order valence-electron chi connectivity index (χ4n) is 6.16. The number of aromatic hydroxyl groups is 1. The Balaban J connectivity index is 1.31. The number of hydrogen-bond donors (Lipinski definition) is 4. The first kappa shape index (κ1) is 41.5. The molecule has 1 amide bonds. The van der Waals surface area contributed by atoms with Crippen LogP contribution in [-0.2, 0) is 34.0 Å². The average molecular weight is 782 g/mol. The first-order chi connectivity index (χ1) is 25.8. The largest absolute Gasteiger partial charge is 0.506 e. The van der Waals surface area contributed by atoms with E-state index in [2.05, 4.69) is 75.2 Å². The second-order valence-electron chi connectivity index (χ2n) is 16.4. The Morgan fingerprint density at radius 2 is 1.49 bits per heavy atom. The number of amides is 1. The van der Waals surface area contributed by atoms with Crippen molar-refractivity contribution in [2.45, 2.75) is 84.0 Å². The second kappa shape index (κ2) is 17.0. The molecule has 5 aromatic carbocycles. The van der Waals surface area contributed by atoms with E-state index >= 15 is 0 Å². The molecule has 0 aliphatic carbocycles. The molecule has 0 bridgehead atoms. The van der Waals surface area contributed by atoms with Gasteiger partial charge in [0.05, 0.1) is 23.6 Å². The molecule has 5 aromatic rings. The van der Waals surface area contributed by atoms with Crippen LogP contribution in [0.15, 0.2) is 109 Å². The summed E-state index contributed by atoms with van der Waals surface area (Å²) in [5.41, 5.74) is 4.09. The molecule has 9 nitrogen and oxygen atoms in total. The summed E-state index contributed by atoms with van der Waals surface area (Å²) in [4.78, 5) is 13.1. The van der Waals surface area contributed by atoms with Gasteiger partial charge in [0.25, 0.3) is 5.91 Å². The lowest BCUT2D eigenvalue weighted by atomic mass is 9.93. The Bertz CT molecular complexity index is 2220. The lowest BCUT2D eigenvalue weighted by Crippen LogP contribution is -2.47. The number of ether oxygens (including phenoxy) is 1. The molecule has 0 radical (unpaired) electrons. The number of nitrogens with one attached hydrogen (secondary N) is 3. The SMILES string of the molecule is CC(C)(Cc1cccc(CNC(=O)c2ccc3ccccc3c2O)c1)NCC(O[Si](C)(C)C(C)(C)C)c1ccc(OCc2ccccc2)c(NS(C)(=O)=O)c1. The first-order valence-electron chi connectivity index (χ1n) is 18.6. The highest BCUT2D eigenvalue weighted by molar-refractivity contribution is 7.92. The lowest BCUT2D eigenvalue weighted by molar-refractivity contribution is 0.0948. The van der Waals surface area contributed by atoms with Crippen LogP contribution in [0.1, 0.15) is 73.3 Å². The fraction of sp³-hybridized carbons (Fsp3) is 0.341. The molecule has 0 saturated carbocycles. The van der Waals surface area contributed by atoms with Gasteiger partial charge in [0.1, 0.15) is 18.1 Å². The molecule has 0 fully saturated rings. The van der Waals surface area contributed by atoms with E-state index in [0.717, 1.165) is 33.9 Å². The van der Waals surface area contributed by atoms with Gasteiger partial charge in [-0.25, -0.2) is 8.42 Å². The van der Waals surface area contributed by atoms with E-state index in [1.165, 1.54) is 0 Å². The lowest BCUT2D eigenvalue weighted by Gasteiger charge is -2.40. The molecular formula is C44H55N3O6SSi. The Hall–Kier alpha value is -4.68. The number of fused-ring (bicyclic) bond motifs is 1. The Kier molecular flexibility index (Phi) is 12.8. The number of anilines is 1. The summed E-state index contributed by atoms with van der Waals surface area (Å²) >= 11 is 0. The van der Waals surface area contributed by atoms with Crippen molar-refractivity contribution < 1.29 is 27.5 Å². The monoisotopic (exact) mass is 781 g/mol. The smallest absolute Gasteiger partial charge is 0.255 e. The first-order valence-corrected chi connectivity index (χ1v) is 23.4. The summed E-state index contributed by atoms with van der Waals surface area (Å²) < 4.78 is 40.8. The Morgan fingerprint density at radius 3 is 2.20 bits per heavy atom. The van der Waals surface area contributed by atoms with Gasteiger partial charge >= 0.3 is 0 Å². The third kappa shape index (κ3) is 11.4. The maximum Gasteiger partial charge on any atom is 0.255 e. The number of phenols is 1. The third-order valence-corrected chi connectivity index (χ3v) is 15.2. The van der Waals surface area contributed by atoms with Crippen molar-refractivity contribution >= 4 is 40.7 Å². The number of phenolic OH excluding ortho intramolecular Hbond substituents is 1. The van der Waals surface area contributed by atoms with Gasteiger partial charge in [-0.3, -0.25) is 9.52 Å². The number of rotatable bonds is 16. The minimum absolute atomic E-state index is 0.0248. The summed E-state index contributed by atoms with van der Waals surface area (Å²) in [6.07, 6.45) is 1.45. The zero-order valence-electron chi connectivity index (χ0n) is 33.2. The van der Waals surface area contributed by atoms with Gasteiger partial charge < -0.3 is 24.9 Å². The van der Waals surface area contributed by atoms with Crippen molar-refractivity contribution in [1.82, 2.24) is 10.6 Å². The highest BCUT2D eigenvalue weighted by atomic mass is 32.2. The van der Waals surface area contributed by atoms with E-state index in [0.29, 0.717) is 42.9 Å². The molecule has 0 aliphatic rings. The molecule has 55 heavy (non-hydrogen) atoms. The number of benzene rings is 5. The zero-order valence-corrected chi connectivity index (χ0v) is 35.0. The molecule has 1 unspecified atom stereocenters. The topological polar surface area (TPSA) is 126 Å². The van der Waals surface area contributed by atoms with Gasteiger partial charge in [0.15, 0.2) is 8.32 Å². The Morgan fingerprint density at radius 1 is 0.818 bits per heavy atom. The molecular weight excluding hydrogens is 727 g/mol. The number of sulfonamides is 1. The number of carbonyl (C=O) groups is 1. The minimum Gasteiger partial charge on any atom is -0.506 e. The quantitative estimate of drug-likeness (QED) is 0.0736. The normalized spacial score (nSPS) is 13.0. The van der Waals surface area contributed by atoms with Crippen LogP contribution in [0.25, 0.3) is 10.8 Å². The molecule has 0 aliphatic heterocycles. The summed E-state index contributed by atoms with van der Waals surface area (Å²) in [7, 11) is -5.89. The van der Waals surface area contributed by atoms with Crippen LogP contribution in [0.3, 0.4) is 0 Å². The van der Waals surface area contributed by atoms with Crippen LogP contribution < -0.4 is 20.1 Å². The summed E-state index contributed by atoms with van der Waals surface area (Å²) in [6, 6.07) is 34.4. The molecule has 0 aromatic heterocycles. The molecule has 4 N–H and O–H groups in total. The van der Waals surface area contributed by atoms with Crippen LogP contribution in [0.4, 0.5) is 5.69 Å². The van der Waals surface area contributed by atoms with Crippen molar-refractivity contribution in [1.29, 1.82) is 0 Å². The van der Waals surface area contributed by atoms with Crippen molar-refractivity contribution in [2.24, 2.45) is 0 Å². The average Bonchev–Trinajstić information content (AvgIpc) is 3.11. The van der Waals surface area contributed by atoms with Crippen molar-refractivity contribution in [3.05, 3.63) is 137 Å². The number of carbonyl (C=O) groups excluding carboxylic acids is 1. The maximum absolute atomic E-state index is 13.1.